The van der Waals surface area contributed by atoms with Crippen molar-refractivity contribution in [3.63, 3.8) is 0 Å². The first-order chi connectivity index (χ1) is 11.7. The number of hydrogen-bond acceptors (Lipinski definition) is 5. The van der Waals surface area contributed by atoms with E-state index in [1.165, 1.54) is 5.69 Å². The predicted molar refractivity (Wildman–Crippen MR) is 87.0 cm³/mol. The number of carbonyl (C=O) groups excluding carboxylic acids is 1. The van der Waals surface area contributed by atoms with Crippen molar-refractivity contribution in [1.29, 1.82) is 0 Å². The molecule has 1 fully saturated rings. The number of amides is 1. The second kappa shape index (κ2) is 6.39. The smallest absolute Gasteiger partial charge is 0.222 e. The Kier molecular flexibility index (Phi) is 4.10. The van der Waals surface area contributed by atoms with Gasteiger partial charge in [-0.05, 0) is 25.8 Å². The molecule has 4 rings (SSSR count). The van der Waals surface area contributed by atoms with E-state index in [2.05, 4.69) is 25.9 Å². The van der Waals surface area contributed by atoms with Crippen LogP contribution in [-0.2, 0) is 17.9 Å². The van der Waals surface area contributed by atoms with Crippen molar-refractivity contribution in [3.05, 3.63) is 35.5 Å². The normalized spacial score (nSPS) is 21.5. The molecule has 0 aromatic carbocycles. The lowest BCUT2D eigenvalue weighted by atomic mass is 10.1. The van der Waals surface area contributed by atoms with Crippen LogP contribution in [0.2, 0.25) is 0 Å². The van der Waals surface area contributed by atoms with Crippen molar-refractivity contribution in [2.24, 2.45) is 0 Å². The van der Waals surface area contributed by atoms with Crippen LogP contribution in [0.15, 0.2) is 22.9 Å². The average Bonchev–Trinajstić information content (AvgIpc) is 3.27. The van der Waals surface area contributed by atoms with E-state index in [0.717, 1.165) is 57.0 Å². The number of carbonyl (C=O) groups is 1. The second-order valence-corrected chi connectivity index (χ2v) is 6.79. The number of rotatable bonds is 5. The van der Waals surface area contributed by atoms with Gasteiger partial charge in [-0.15, -0.1) is 0 Å². The minimum Gasteiger partial charge on any atom is -0.361 e. The van der Waals surface area contributed by atoms with E-state index < -0.39 is 0 Å². The Labute approximate surface area is 141 Å². The number of nitrogens with zero attached hydrogens (tertiary/aromatic N) is 5. The summed E-state index contributed by atoms with van der Waals surface area (Å²) in [5.74, 6) is 1.14. The van der Waals surface area contributed by atoms with Crippen LogP contribution in [0.25, 0.3) is 0 Å². The Hall–Kier alpha value is -2.15. The van der Waals surface area contributed by atoms with Gasteiger partial charge in [-0.1, -0.05) is 5.16 Å². The summed E-state index contributed by atoms with van der Waals surface area (Å²) in [5.41, 5.74) is 2.19. The fourth-order valence-electron chi connectivity index (χ4n) is 3.77. The molecule has 0 N–H and O–H groups in total. The molecule has 7 nitrogen and oxygen atoms in total. The second-order valence-electron chi connectivity index (χ2n) is 6.79. The molecule has 2 aliphatic heterocycles. The van der Waals surface area contributed by atoms with Gasteiger partial charge in [-0.2, -0.15) is 5.10 Å². The summed E-state index contributed by atoms with van der Waals surface area (Å²) in [5, 5.41) is 8.61. The first-order valence-electron chi connectivity index (χ1n) is 8.64. The van der Waals surface area contributed by atoms with Crippen molar-refractivity contribution in [2.45, 2.75) is 45.3 Å². The van der Waals surface area contributed by atoms with Crippen LogP contribution in [0.4, 0.5) is 0 Å². The van der Waals surface area contributed by atoms with E-state index in [4.69, 9.17) is 4.52 Å². The van der Waals surface area contributed by atoms with Crippen LogP contribution in [0.1, 0.15) is 42.5 Å². The zero-order valence-corrected chi connectivity index (χ0v) is 14.0. The van der Waals surface area contributed by atoms with E-state index in [1.807, 2.05) is 24.1 Å². The lowest BCUT2D eigenvalue weighted by Crippen LogP contribution is -2.39. The summed E-state index contributed by atoms with van der Waals surface area (Å²) >= 11 is 0. The lowest BCUT2D eigenvalue weighted by molar-refractivity contribution is -0.127. The standard InChI is InChI=1S/C17H23N5O2/c1-13-9-14(19-24-13)10-20-11-15-4-6-18-22(15)16(12-20)5-8-21-7-2-3-17(21)23/h4,6,9,16H,2-3,5,7-8,10-12H2,1H3/t16-/m0/s1. The zero-order valence-electron chi connectivity index (χ0n) is 14.0. The molecule has 1 saturated heterocycles. The van der Waals surface area contributed by atoms with Crippen molar-refractivity contribution >= 4 is 5.91 Å². The van der Waals surface area contributed by atoms with Gasteiger partial charge in [0.2, 0.25) is 5.91 Å². The molecule has 0 unspecified atom stereocenters. The number of aryl methyl sites for hydroxylation is 1. The molecule has 1 atom stereocenters. The van der Waals surface area contributed by atoms with Crippen LogP contribution in [0.3, 0.4) is 0 Å². The third kappa shape index (κ3) is 3.08. The molecule has 2 aromatic rings. The highest BCUT2D eigenvalue weighted by Crippen LogP contribution is 2.25. The Balaban J connectivity index is 1.43. The molecule has 128 valence electrons. The van der Waals surface area contributed by atoms with Crippen molar-refractivity contribution in [2.75, 3.05) is 19.6 Å². The van der Waals surface area contributed by atoms with Gasteiger partial charge in [0.25, 0.3) is 0 Å². The fourth-order valence-corrected chi connectivity index (χ4v) is 3.77. The van der Waals surface area contributed by atoms with E-state index >= 15 is 0 Å². The Morgan fingerprint density at radius 1 is 1.42 bits per heavy atom. The highest BCUT2D eigenvalue weighted by Gasteiger charge is 2.28. The van der Waals surface area contributed by atoms with Gasteiger partial charge in [0.1, 0.15) is 5.76 Å². The Morgan fingerprint density at radius 3 is 3.08 bits per heavy atom. The molecule has 0 spiro atoms. The maximum atomic E-state index is 11.8. The largest absolute Gasteiger partial charge is 0.361 e. The van der Waals surface area contributed by atoms with Gasteiger partial charge in [0.05, 0.1) is 17.4 Å². The number of hydrogen-bond donors (Lipinski definition) is 0. The van der Waals surface area contributed by atoms with Crippen molar-refractivity contribution in [3.8, 4) is 0 Å². The number of fused-ring (bicyclic) bond motifs is 1. The van der Waals surface area contributed by atoms with Crippen molar-refractivity contribution < 1.29 is 9.32 Å². The molecular formula is C17H23N5O2. The molecule has 4 heterocycles. The maximum absolute atomic E-state index is 11.8. The van der Waals surface area contributed by atoms with Gasteiger partial charge < -0.3 is 9.42 Å². The molecule has 7 heteroatoms. The van der Waals surface area contributed by atoms with Crippen LogP contribution < -0.4 is 0 Å². The third-order valence-corrected chi connectivity index (χ3v) is 4.92. The summed E-state index contributed by atoms with van der Waals surface area (Å²) in [6.07, 6.45) is 4.51. The number of aromatic nitrogens is 3. The molecule has 0 bridgehead atoms. The van der Waals surface area contributed by atoms with Crippen LogP contribution >= 0.6 is 0 Å². The van der Waals surface area contributed by atoms with Crippen molar-refractivity contribution in [1.82, 2.24) is 24.7 Å². The summed E-state index contributed by atoms with van der Waals surface area (Å²) in [6.45, 7) is 6.20. The molecule has 2 aromatic heterocycles. The van der Waals surface area contributed by atoms with E-state index in [1.54, 1.807) is 0 Å². The Morgan fingerprint density at radius 2 is 2.33 bits per heavy atom. The average molecular weight is 329 g/mol. The highest BCUT2D eigenvalue weighted by molar-refractivity contribution is 5.77. The minimum absolute atomic E-state index is 0.293. The van der Waals surface area contributed by atoms with E-state index in [-0.39, 0.29) is 0 Å². The van der Waals surface area contributed by atoms with Gasteiger partial charge in [0, 0.05) is 51.4 Å². The first-order valence-corrected chi connectivity index (χ1v) is 8.64. The Bertz CT molecular complexity index is 722. The fraction of sp³-hybridized carbons (Fsp3) is 0.588. The monoisotopic (exact) mass is 329 g/mol. The van der Waals surface area contributed by atoms with E-state index in [0.29, 0.717) is 18.4 Å². The van der Waals surface area contributed by atoms with Gasteiger partial charge in [-0.25, -0.2) is 0 Å². The molecule has 0 saturated carbocycles. The summed E-state index contributed by atoms with van der Waals surface area (Å²) < 4.78 is 7.31. The SMILES string of the molecule is Cc1cc(CN2Cc3ccnn3[C@@H](CCN3CCCC3=O)C2)no1. The number of likely N-dealkylation sites (tertiary alicyclic amines) is 1. The maximum Gasteiger partial charge on any atom is 0.222 e. The summed E-state index contributed by atoms with van der Waals surface area (Å²) in [4.78, 5) is 16.2. The molecule has 0 aliphatic carbocycles. The van der Waals surface area contributed by atoms with Crippen LogP contribution in [-0.4, -0.2) is 50.3 Å². The molecule has 24 heavy (non-hydrogen) atoms. The van der Waals surface area contributed by atoms with Gasteiger partial charge in [0.15, 0.2) is 0 Å². The zero-order chi connectivity index (χ0) is 16.5. The lowest BCUT2D eigenvalue weighted by Gasteiger charge is -2.34. The summed E-state index contributed by atoms with van der Waals surface area (Å²) in [6, 6.07) is 4.36. The highest BCUT2D eigenvalue weighted by atomic mass is 16.5. The summed E-state index contributed by atoms with van der Waals surface area (Å²) in [7, 11) is 0. The third-order valence-electron chi connectivity index (χ3n) is 4.92. The van der Waals surface area contributed by atoms with E-state index in [9.17, 15) is 4.79 Å². The molecule has 0 radical (unpaired) electrons. The first kappa shape index (κ1) is 15.4. The van der Waals surface area contributed by atoms with Crippen LogP contribution in [0.5, 0.6) is 0 Å². The van der Waals surface area contributed by atoms with Crippen LogP contribution in [0, 0.1) is 6.92 Å². The topological polar surface area (TPSA) is 67.4 Å². The van der Waals surface area contributed by atoms with Gasteiger partial charge >= 0.3 is 0 Å². The molecule has 1 amide bonds. The predicted octanol–water partition coefficient (Wildman–Crippen LogP) is 1.75. The quantitative estimate of drug-likeness (QED) is 0.836. The minimum atomic E-state index is 0.293. The molecule has 2 aliphatic rings. The molecular weight excluding hydrogens is 306 g/mol. The van der Waals surface area contributed by atoms with Gasteiger partial charge in [-0.3, -0.25) is 14.4 Å².